The summed E-state index contributed by atoms with van der Waals surface area (Å²) in [5.41, 5.74) is 2.19. The Morgan fingerprint density at radius 1 is 1.47 bits per heavy atom. The van der Waals surface area contributed by atoms with Gasteiger partial charge in [-0.15, -0.1) is 4.91 Å². The highest BCUT2D eigenvalue weighted by atomic mass is 16.5. The molecule has 0 N–H and O–H groups in total. The lowest BCUT2D eigenvalue weighted by Crippen LogP contribution is -2.01. The van der Waals surface area contributed by atoms with Crippen molar-refractivity contribution in [1.29, 1.82) is 0 Å². The van der Waals surface area contributed by atoms with E-state index in [-0.39, 0.29) is 0 Å². The molecule has 0 atom stereocenters. The van der Waals surface area contributed by atoms with Crippen molar-refractivity contribution in [1.82, 2.24) is 14.9 Å². The van der Waals surface area contributed by atoms with Crippen molar-refractivity contribution in [3.63, 3.8) is 0 Å². The Labute approximate surface area is 98.6 Å². The number of rotatable bonds is 4. The topological polar surface area (TPSA) is 73.3 Å². The van der Waals surface area contributed by atoms with Crippen molar-refractivity contribution in [2.75, 3.05) is 0 Å². The highest BCUT2D eigenvalue weighted by Crippen LogP contribution is 2.32. The van der Waals surface area contributed by atoms with Crippen LogP contribution in [0.15, 0.2) is 15.8 Å². The van der Waals surface area contributed by atoms with Crippen LogP contribution in [0.3, 0.4) is 0 Å². The maximum atomic E-state index is 10.9. The lowest BCUT2D eigenvalue weighted by atomic mass is 10.2. The van der Waals surface area contributed by atoms with E-state index in [1.165, 1.54) is 0 Å². The van der Waals surface area contributed by atoms with Crippen molar-refractivity contribution in [3.05, 3.63) is 22.4 Å². The maximum Gasteiger partial charge on any atom is 0.158 e. The highest BCUT2D eigenvalue weighted by molar-refractivity contribution is 5.71. The molecule has 6 heteroatoms. The average Bonchev–Trinajstić information content (AvgIpc) is 2.83. The summed E-state index contributed by atoms with van der Waals surface area (Å²) < 4.78 is 6.78. The van der Waals surface area contributed by atoms with Gasteiger partial charge in [-0.3, -0.25) is 4.68 Å². The molecule has 2 aromatic rings. The zero-order chi connectivity index (χ0) is 12.4. The minimum absolute atomic E-state index is 0.340. The first-order valence-electron chi connectivity index (χ1n) is 5.51. The minimum atomic E-state index is 0.340. The lowest BCUT2D eigenvalue weighted by Gasteiger charge is -2.02. The fourth-order valence-corrected chi connectivity index (χ4v) is 1.79. The number of hydrogen-bond acceptors (Lipinski definition) is 5. The van der Waals surface area contributed by atoms with Crippen LogP contribution in [0.2, 0.25) is 0 Å². The molecule has 0 amide bonds. The van der Waals surface area contributed by atoms with E-state index >= 15 is 0 Å². The first-order valence-corrected chi connectivity index (χ1v) is 5.51. The number of nitroso groups, excluding NO2 is 1. The zero-order valence-corrected chi connectivity index (χ0v) is 10.1. The summed E-state index contributed by atoms with van der Waals surface area (Å²) in [4.78, 5) is 10.9. The molecule has 2 aromatic heterocycles. The standard InChI is InChI=1S/C11H14N4O2/c1-4-5-15-11(9-6-7(2)17-14-9)10(13-16)8(3)12-15/h6H,4-5H2,1-3H3. The van der Waals surface area contributed by atoms with Crippen LogP contribution in [-0.2, 0) is 6.54 Å². The van der Waals surface area contributed by atoms with Gasteiger partial charge in [-0.2, -0.15) is 5.10 Å². The van der Waals surface area contributed by atoms with Crippen molar-refractivity contribution in [3.8, 4) is 11.4 Å². The van der Waals surface area contributed by atoms with Gasteiger partial charge in [-0.25, -0.2) is 0 Å². The summed E-state index contributed by atoms with van der Waals surface area (Å²) in [5, 5.41) is 11.3. The van der Waals surface area contributed by atoms with E-state index in [1.807, 2.05) is 6.92 Å². The number of nitrogens with zero attached hydrogens (tertiary/aromatic N) is 4. The van der Waals surface area contributed by atoms with E-state index in [0.717, 1.165) is 13.0 Å². The van der Waals surface area contributed by atoms with Gasteiger partial charge >= 0.3 is 0 Å². The van der Waals surface area contributed by atoms with Crippen LogP contribution in [0, 0.1) is 18.8 Å². The highest BCUT2D eigenvalue weighted by Gasteiger charge is 2.20. The minimum Gasteiger partial charge on any atom is -0.361 e. The second kappa shape index (κ2) is 4.48. The smallest absolute Gasteiger partial charge is 0.158 e. The Kier molecular flexibility index (Phi) is 3.03. The Morgan fingerprint density at radius 2 is 2.24 bits per heavy atom. The van der Waals surface area contributed by atoms with Crippen molar-refractivity contribution in [2.45, 2.75) is 33.7 Å². The van der Waals surface area contributed by atoms with Gasteiger partial charge in [-0.05, 0) is 25.4 Å². The SMILES string of the molecule is CCCn1nc(C)c(N=O)c1-c1cc(C)on1. The van der Waals surface area contributed by atoms with Crippen LogP contribution in [0.5, 0.6) is 0 Å². The largest absolute Gasteiger partial charge is 0.361 e. The molecule has 0 saturated heterocycles. The molecule has 0 fully saturated rings. The molecule has 0 aliphatic heterocycles. The summed E-state index contributed by atoms with van der Waals surface area (Å²) in [7, 11) is 0. The molecule has 0 unspecified atom stereocenters. The third-order valence-electron chi connectivity index (χ3n) is 2.49. The summed E-state index contributed by atoms with van der Waals surface area (Å²) in [6.45, 7) is 6.33. The van der Waals surface area contributed by atoms with Gasteiger partial charge < -0.3 is 4.52 Å². The molecule has 90 valence electrons. The van der Waals surface area contributed by atoms with Crippen LogP contribution < -0.4 is 0 Å². The van der Waals surface area contributed by atoms with Gasteiger partial charge in [0, 0.05) is 12.6 Å². The van der Waals surface area contributed by atoms with E-state index in [1.54, 1.807) is 24.6 Å². The van der Waals surface area contributed by atoms with Crippen LogP contribution >= 0.6 is 0 Å². The molecule has 0 radical (unpaired) electrons. The zero-order valence-electron chi connectivity index (χ0n) is 10.1. The third kappa shape index (κ3) is 1.98. The number of aryl methyl sites for hydroxylation is 3. The first-order chi connectivity index (χ1) is 8.17. The monoisotopic (exact) mass is 234 g/mol. The summed E-state index contributed by atoms with van der Waals surface area (Å²) in [5.74, 6) is 0.693. The van der Waals surface area contributed by atoms with Gasteiger partial charge in [0.1, 0.15) is 17.1 Å². The summed E-state index contributed by atoms with van der Waals surface area (Å²) in [6.07, 6.45) is 0.920. The quantitative estimate of drug-likeness (QED) is 0.762. The number of hydrogen-bond donors (Lipinski definition) is 0. The molecule has 2 heterocycles. The lowest BCUT2D eigenvalue weighted by molar-refractivity contribution is 0.399. The molecule has 6 nitrogen and oxygen atoms in total. The molecule has 0 bridgehead atoms. The Hall–Kier alpha value is -1.98. The van der Waals surface area contributed by atoms with Gasteiger partial charge in [0.15, 0.2) is 5.69 Å². The van der Waals surface area contributed by atoms with Gasteiger partial charge in [0.05, 0.1) is 5.69 Å². The summed E-state index contributed by atoms with van der Waals surface area (Å²) >= 11 is 0. The van der Waals surface area contributed by atoms with Crippen molar-refractivity contribution < 1.29 is 4.52 Å². The third-order valence-corrected chi connectivity index (χ3v) is 2.49. The number of aromatic nitrogens is 3. The van der Waals surface area contributed by atoms with Crippen molar-refractivity contribution in [2.24, 2.45) is 5.18 Å². The Bertz CT molecular complexity index is 542. The van der Waals surface area contributed by atoms with Gasteiger partial charge in [-0.1, -0.05) is 12.1 Å². The van der Waals surface area contributed by atoms with Gasteiger partial charge in [0.2, 0.25) is 0 Å². The fourth-order valence-electron chi connectivity index (χ4n) is 1.79. The normalized spacial score (nSPS) is 10.8. The predicted molar refractivity (Wildman–Crippen MR) is 62.9 cm³/mol. The average molecular weight is 234 g/mol. The summed E-state index contributed by atoms with van der Waals surface area (Å²) in [6, 6.07) is 1.78. The predicted octanol–water partition coefficient (Wildman–Crippen LogP) is 2.96. The second-order valence-electron chi connectivity index (χ2n) is 3.92. The molecule has 17 heavy (non-hydrogen) atoms. The van der Waals surface area contributed by atoms with E-state index in [4.69, 9.17) is 4.52 Å². The molecular weight excluding hydrogens is 220 g/mol. The van der Waals surface area contributed by atoms with Crippen LogP contribution in [0.25, 0.3) is 11.4 Å². The molecule has 0 aliphatic rings. The molecule has 2 rings (SSSR count). The maximum absolute atomic E-state index is 10.9. The fraction of sp³-hybridized carbons (Fsp3) is 0.455. The van der Waals surface area contributed by atoms with Crippen molar-refractivity contribution >= 4 is 5.69 Å². The second-order valence-corrected chi connectivity index (χ2v) is 3.92. The van der Waals surface area contributed by atoms with Gasteiger partial charge in [0.25, 0.3) is 0 Å². The van der Waals surface area contributed by atoms with Crippen LogP contribution in [0.4, 0.5) is 5.69 Å². The van der Waals surface area contributed by atoms with Crippen LogP contribution in [-0.4, -0.2) is 14.9 Å². The van der Waals surface area contributed by atoms with E-state index < -0.39 is 0 Å². The Balaban J connectivity index is 2.60. The van der Waals surface area contributed by atoms with Crippen LogP contribution in [0.1, 0.15) is 24.8 Å². The molecule has 0 spiro atoms. The molecule has 0 aliphatic carbocycles. The molecule has 0 saturated carbocycles. The molecular formula is C11H14N4O2. The first kappa shape index (κ1) is 11.5. The van der Waals surface area contributed by atoms with E-state index in [9.17, 15) is 4.91 Å². The van der Waals surface area contributed by atoms with E-state index in [0.29, 0.717) is 28.5 Å². The molecule has 0 aromatic carbocycles. The van der Waals surface area contributed by atoms with E-state index in [2.05, 4.69) is 15.4 Å². The Morgan fingerprint density at radius 3 is 2.76 bits per heavy atom.